The zero-order valence-corrected chi connectivity index (χ0v) is 11.2. The summed E-state index contributed by atoms with van der Waals surface area (Å²) in [4.78, 5) is 6.41. The summed E-state index contributed by atoms with van der Waals surface area (Å²) < 4.78 is 5.97. The van der Waals surface area contributed by atoms with Gasteiger partial charge in [-0.1, -0.05) is 12.8 Å². The standard InChI is InChI=1S/C15H22N2O2/c18-15-4-2-1-3-14(15)17-10-7-13(11-17)19-12-5-8-16-9-6-12/h5-6,8-9,13-15,18H,1-4,7,10-11H2. The minimum atomic E-state index is -0.145. The van der Waals surface area contributed by atoms with Gasteiger partial charge in [-0.15, -0.1) is 0 Å². The molecule has 1 aliphatic carbocycles. The third kappa shape index (κ3) is 3.07. The molecule has 0 aromatic carbocycles. The van der Waals surface area contributed by atoms with Gasteiger partial charge >= 0.3 is 0 Å². The Labute approximate surface area is 114 Å². The quantitative estimate of drug-likeness (QED) is 0.903. The molecule has 0 amide bonds. The molecule has 104 valence electrons. The molecule has 1 aromatic heterocycles. The van der Waals surface area contributed by atoms with Crippen molar-refractivity contribution in [3.05, 3.63) is 24.5 Å². The first kappa shape index (κ1) is 12.9. The molecule has 4 nitrogen and oxygen atoms in total. The molecule has 4 heteroatoms. The summed E-state index contributed by atoms with van der Waals surface area (Å²) in [6, 6.07) is 4.15. The molecule has 2 heterocycles. The number of hydrogen-bond acceptors (Lipinski definition) is 4. The summed E-state index contributed by atoms with van der Waals surface area (Å²) in [6.45, 7) is 1.97. The maximum Gasteiger partial charge on any atom is 0.122 e. The summed E-state index contributed by atoms with van der Waals surface area (Å²) >= 11 is 0. The van der Waals surface area contributed by atoms with E-state index in [9.17, 15) is 5.11 Å². The number of hydrogen-bond donors (Lipinski definition) is 1. The summed E-state index contributed by atoms with van der Waals surface area (Å²) in [5.41, 5.74) is 0. The number of aliphatic hydroxyl groups excluding tert-OH is 1. The van der Waals surface area contributed by atoms with Crippen molar-refractivity contribution in [2.24, 2.45) is 0 Å². The minimum absolute atomic E-state index is 0.145. The molecule has 2 aliphatic rings. The molecule has 0 bridgehead atoms. The van der Waals surface area contributed by atoms with E-state index >= 15 is 0 Å². The molecule has 19 heavy (non-hydrogen) atoms. The van der Waals surface area contributed by atoms with Gasteiger partial charge in [-0.05, 0) is 31.4 Å². The molecule has 1 saturated heterocycles. The van der Waals surface area contributed by atoms with Crippen LogP contribution in [0.25, 0.3) is 0 Å². The normalized spacial score (nSPS) is 32.4. The Bertz CT molecular complexity index is 398. The Morgan fingerprint density at radius 2 is 1.95 bits per heavy atom. The van der Waals surface area contributed by atoms with E-state index in [2.05, 4.69) is 9.88 Å². The van der Waals surface area contributed by atoms with Crippen LogP contribution in [0, 0.1) is 0 Å². The second-order valence-corrected chi connectivity index (χ2v) is 5.63. The van der Waals surface area contributed by atoms with Crippen molar-refractivity contribution < 1.29 is 9.84 Å². The predicted molar refractivity (Wildman–Crippen MR) is 73.1 cm³/mol. The van der Waals surface area contributed by atoms with E-state index in [-0.39, 0.29) is 12.2 Å². The molecule has 1 N–H and O–H groups in total. The zero-order valence-electron chi connectivity index (χ0n) is 11.2. The summed E-state index contributed by atoms with van der Waals surface area (Å²) in [5.74, 6) is 0.894. The fourth-order valence-electron chi connectivity index (χ4n) is 3.28. The van der Waals surface area contributed by atoms with Gasteiger partial charge in [0.1, 0.15) is 11.9 Å². The highest BCUT2D eigenvalue weighted by atomic mass is 16.5. The van der Waals surface area contributed by atoms with E-state index in [1.165, 1.54) is 12.8 Å². The molecule has 1 aliphatic heterocycles. The lowest BCUT2D eigenvalue weighted by molar-refractivity contribution is 0.0265. The van der Waals surface area contributed by atoms with Gasteiger partial charge in [0, 0.05) is 31.5 Å². The molecule has 3 rings (SSSR count). The van der Waals surface area contributed by atoms with Crippen LogP contribution in [0.4, 0.5) is 0 Å². The predicted octanol–water partition coefficient (Wildman–Crippen LogP) is 1.84. The highest BCUT2D eigenvalue weighted by molar-refractivity contribution is 5.17. The van der Waals surface area contributed by atoms with E-state index in [0.29, 0.717) is 6.04 Å². The number of nitrogens with zero attached hydrogens (tertiary/aromatic N) is 2. The van der Waals surface area contributed by atoms with Gasteiger partial charge in [-0.25, -0.2) is 0 Å². The van der Waals surface area contributed by atoms with Gasteiger partial charge in [0.05, 0.1) is 6.10 Å². The van der Waals surface area contributed by atoms with E-state index in [1.54, 1.807) is 12.4 Å². The van der Waals surface area contributed by atoms with Gasteiger partial charge in [0.15, 0.2) is 0 Å². The van der Waals surface area contributed by atoms with E-state index in [4.69, 9.17) is 4.74 Å². The molecular formula is C15H22N2O2. The van der Waals surface area contributed by atoms with Crippen LogP contribution in [-0.2, 0) is 0 Å². The van der Waals surface area contributed by atoms with Crippen molar-refractivity contribution in [3.8, 4) is 5.75 Å². The average Bonchev–Trinajstić information content (AvgIpc) is 2.89. The van der Waals surface area contributed by atoms with Crippen molar-refractivity contribution >= 4 is 0 Å². The third-order valence-electron chi connectivity index (χ3n) is 4.29. The van der Waals surface area contributed by atoms with Crippen molar-refractivity contribution in [3.63, 3.8) is 0 Å². The lowest BCUT2D eigenvalue weighted by Crippen LogP contribution is -2.44. The average molecular weight is 262 g/mol. The smallest absolute Gasteiger partial charge is 0.122 e. The van der Waals surface area contributed by atoms with Crippen molar-refractivity contribution in [2.45, 2.75) is 50.4 Å². The largest absolute Gasteiger partial charge is 0.489 e. The lowest BCUT2D eigenvalue weighted by Gasteiger charge is -2.35. The van der Waals surface area contributed by atoms with Gasteiger partial charge in [0.25, 0.3) is 0 Å². The van der Waals surface area contributed by atoms with Gasteiger partial charge in [-0.3, -0.25) is 9.88 Å². The van der Waals surface area contributed by atoms with Crippen LogP contribution in [-0.4, -0.2) is 46.3 Å². The van der Waals surface area contributed by atoms with Gasteiger partial charge < -0.3 is 9.84 Å². The number of ether oxygens (including phenoxy) is 1. The third-order valence-corrected chi connectivity index (χ3v) is 4.29. The Morgan fingerprint density at radius 1 is 1.16 bits per heavy atom. The zero-order chi connectivity index (χ0) is 13.1. The highest BCUT2D eigenvalue weighted by Crippen LogP contribution is 2.27. The van der Waals surface area contributed by atoms with Crippen LogP contribution >= 0.6 is 0 Å². The Hall–Kier alpha value is -1.13. The molecular weight excluding hydrogens is 240 g/mol. The number of pyridine rings is 1. The Kier molecular flexibility index (Phi) is 3.99. The number of likely N-dealkylation sites (tertiary alicyclic amines) is 1. The maximum absolute atomic E-state index is 10.1. The molecule has 2 fully saturated rings. The molecule has 1 aromatic rings. The van der Waals surface area contributed by atoms with Gasteiger partial charge in [0.2, 0.25) is 0 Å². The monoisotopic (exact) mass is 262 g/mol. The molecule has 0 radical (unpaired) electrons. The lowest BCUT2D eigenvalue weighted by atomic mass is 9.91. The van der Waals surface area contributed by atoms with Crippen LogP contribution in [0.3, 0.4) is 0 Å². The second kappa shape index (κ2) is 5.88. The fraction of sp³-hybridized carbons (Fsp3) is 0.667. The molecule has 0 spiro atoms. The Balaban J connectivity index is 1.55. The summed E-state index contributed by atoms with van der Waals surface area (Å²) in [7, 11) is 0. The highest BCUT2D eigenvalue weighted by Gasteiger charge is 2.34. The van der Waals surface area contributed by atoms with Crippen LogP contribution in [0.2, 0.25) is 0 Å². The van der Waals surface area contributed by atoms with Crippen LogP contribution < -0.4 is 4.74 Å². The van der Waals surface area contributed by atoms with Gasteiger partial charge in [-0.2, -0.15) is 0 Å². The van der Waals surface area contributed by atoms with Crippen molar-refractivity contribution in [1.82, 2.24) is 9.88 Å². The van der Waals surface area contributed by atoms with Crippen molar-refractivity contribution in [2.75, 3.05) is 13.1 Å². The first-order valence-electron chi connectivity index (χ1n) is 7.32. The topological polar surface area (TPSA) is 45.6 Å². The fourth-order valence-corrected chi connectivity index (χ4v) is 3.28. The van der Waals surface area contributed by atoms with E-state index < -0.39 is 0 Å². The van der Waals surface area contributed by atoms with E-state index in [1.807, 2.05) is 12.1 Å². The van der Waals surface area contributed by atoms with Crippen LogP contribution in [0.1, 0.15) is 32.1 Å². The first-order valence-corrected chi connectivity index (χ1v) is 7.32. The van der Waals surface area contributed by atoms with Crippen LogP contribution in [0.15, 0.2) is 24.5 Å². The second-order valence-electron chi connectivity index (χ2n) is 5.63. The number of aromatic nitrogens is 1. The molecule has 1 saturated carbocycles. The number of aliphatic hydroxyl groups is 1. The SMILES string of the molecule is OC1CCCCC1N1CCC(Oc2ccncc2)C1. The maximum atomic E-state index is 10.1. The summed E-state index contributed by atoms with van der Waals surface area (Å²) in [5, 5.41) is 10.1. The number of rotatable bonds is 3. The van der Waals surface area contributed by atoms with Crippen LogP contribution in [0.5, 0.6) is 5.75 Å². The minimum Gasteiger partial charge on any atom is -0.489 e. The Morgan fingerprint density at radius 3 is 2.74 bits per heavy atom. The summed E-state index contributed by atoms with van der Waals surface area (Å²) in [6.07, 6.45) is 9.16. The van der Waals surface area contributed by atoms with E-state index in [0.717, 1.165) is 38.1 Å². The first-order chi connectivity index (χ1) is 9.33. The molecule has 3 atom stereocenters. The van der Waals surface area contributed by atoms with Crippen molar-refractivity contribution in [1.29, 1.82) is 0 Å². The molecule has 3 unspecified atom stereocenters.